The summed E-state index contributed by atoms with van der Waals surface area (Å²) in [7, 11) is 0. The summed E-state index contributed by atoms with van der Waals surface area (Å²) in [5.74, 6) is -0.957. The molecule has 0 aliphatic carbocycles. The molecule has 0 fully saturated rings. The van der Waals surface area contributed by atoms with Crippen LogP contribution in [0.3, 0.4) is 0 Å². The van der Waals surface area contributed by atoms with Gasteiger partial charge < -0.3 is 4.74 Å². The zero-order chi connectivity index (χ0) is 13.4. The molecule has 1 rings (SSSR count). The van der Waals surface area contributed by atoms with E-state index in [0.717, 1.165) is 12.0 Å². The zero-order valence-electron chi connectivity index (χ0n) is 10.6. The van der Waals surface area contributed by atoms with Crippen LogP contribution in [-0.4, -0.2) is 12.6 Å². The van der Waals surface area contributed by atoms with Gasteiger partial charge in [0.1, 0.15) is 0 Å². The Kier molecular flexibility index (Phi) is 5.66. The van der Waals surface area contributed by atoms with E-state index in [1.54, 1.807) is 6.92 Å². The average Bonchev–Trinajstić information content (AvgIpc) is 2.40. The molecule has 0 spiro atoms. The molecule has 0 aromatic heterocycles. The lowest BCUT2D eigenvalue weighted by Gasteiger charge is -2.11. The summed E-state index contributed by atoms with van der Waals surface area (Å²) in [6.07, 6.45) is 1.33. The minimum absolute atomic E-state index is 0.246. The highest BCUT2D eigenvalue weighted by Crippen LogP contribution is 2.17. The third-order valence-electron chi connectivity index (χ3n) is 2.68. The number of benzene rings is 1. The summed E-state index contributed by atoms with van der Waals surface area (Å²) < 4.78 is 4.85. The molecule has 3 nitrogen and oxygen atoms in total. The Bertz CT molecular complexity index is 445. The van der Waals surface area contributed by atoms with E-state index in [4.69, 9.17) is 10.00 Å². The summed E-state index contributed by atoms with van der Waals surface area (Å²) in [5, 5.41) is 9.07. The molecule has 0 bridgehead atoms. The molecule has 0 amide bonds. The first-order valence-corrected chi connectivity index (χ1v) is 5.98. The first-order chi connectivity index (χ1) is 8.69. The molecule has 94 valence electrons. The normalized spacial score (nSPS) is 11.3. The smallest absolute Gasteiger partial charge is 0.334 e. The molecule has 0 saturated carbocycles. The van der Waals surface area contributed by atoms with Gasteiger partial charge in [-0.3, -0.25) is 0 Å². The van der Waals surface area contributed by atoms with Gasteiger partial charge in [0.25, 0.3) is 0 Å². The van der Waals surface area contributed by atoms with E-state index in [2.05, 4.69) is 12.6 Å². The zero-order valence-corrected chi connectivity index (χ0v) is 10.6. The number of hydrogen-bond acceptors (Lipinski definition) is 3. The van der Waals surface area contributed by atoms with Crippen molar-refractivity contribution in [3.8, 4) is 6.07 Å². The van der Waals surface area contributed by atoms with Crippen LogP contribution in [0, 0.1) is 17.2 Å². The Morgan fingerprint density at radius 3 is 2.67 bits per heavy atom. The maximum atomic E-state index is 11.5. The maximum absolute atomic E-state index is 11.5. The largest absolute Gasteiger partial charge is 0.463 e. The van der Waals surface area contributed by atoms with Gasteiger partial charge in [-0.15, -0.1) is 0 Å². The Morgan fingerprint density at radius 2 is 2.11 bits per heavy atom. The third kappa shape index (κ3) is 4.06. The third-order valence-corrected chi connectivity index (χ3v) is 2.68. The molecule has 1 aromatic carbocycles. The highest BCUT2D eigenvalue weighted by Gasteiger charge is 2.19. The molecule has 1 atom stereocenters. The van der Waals surface area contributed by atoms with Gasteiger partial charge in [-0.25, -0.2) is 4.79 Å². The van der Waals surface area contributed by atoms with Crippen molar-refractivity contribution in [1.82, 2.24) is 0 Å². The SMILES string of the molecule is C=C(C(=O)OCC)C(C#N)CCc1ccccc1. The van der Waals surface area contributed by atoms with Crippen molar-refractivity contribution in [2.45, 2.75) is 19.8 Å². The second-order valence-corrected chi connectivity index (χ2v) is 3.95. The molecule has 1 unspecified atom stereocenters. The Morgan fingerprint density at radius 1 is 1.44 bits per heavy atom. The summed E-state index contributed by atoms with van der Waals surface area (Å²) in [4.78, 5) is 11.5. The first kappa shape index (κ1) is 14.0. The van der Waals surface area contributed by atoms with Crippen LogP contribution >= 0.6 is 0 Å². The number of carbonyl (C=O) groups excluding carboxylic acids is 1. The van der Waals surface area contributed by atoms with E-state index in [1.165, 1.54) is 0 Å². The van der Waals surface area contributed by atoms with Gasteiger partial charge in [0.15, 0.2) is 0 Å². The Hall–Kier alpha value is -2.08. The molecule has 3 heteroatoms. The standard InChI is InChI=1S/C15H17NO2/c1-3-18-15(17)12(2)14(11-16)10-9-13-7-5-4-6-8-13/h4-8,14H,2-3,9-10H2,1H3. The summed E-state index contributed by atoms with van der Waals surface area (Å²) in [5.41, 5.74) is 1.39. The van der Waals surface area contributed by atoms with Crippen LogP contribution in [-0.2, 0) is 16.0 Å². The van der Waals surface area contributed by atoms with Crippen molar-refractivity contribution >= 4 is 5.97 Å². The highest BCUT2D eigenvalue weighted by atomic mass is 16.5. The molecule has 0 saturated heterocycles. The van der Waals surface area contributed by atoms with Gasteiger partial charge in [0.2, 0.25) is 0 Å². The van der Waals surface area contributed by atoms with Crippen molar-refractivity contribution in [1.29, 1.82) is 5.26 Å². The number of nitrogens with zero attached hydrogens (tertiary/aromatic N) is 1. The molecular weight excluding hydrogens is 226 g/mol. The van der Waals surface area contributed by atoms with Gasteiger partial charge in [-0.2, -0.15) is 5.26 Å². The van der Waals surface area contributed by atoms with Crippen molar-refractivity contribution in [3.63, 3.8) is 0 Å². The van der Waals surface area contributed by atoms with E-state index >= 15 is 0 Å². The molecule has 0 heterocycles. The number of rotatable bonds is 6. The van der Waals surface area contributed by atoms with Crippen molar-refractivity contribution < 1.29 is 9.53 Å². The Labute approximate surface area is 108 Å². The van der Waals surface area contributed by atoms with Gasteiger partial charge in [0, 0.05) is 5.57 Å². The minimum atomic E-state index is -0.482. The van der Waals surface area contributed by atoms with E-state index < -0.39 is 11.9 Å². The number of carbonyl (C=O) groups is 1. The Balaban J connectivity index is 2.55. The predicted molar refractivity (Wildman–Crippen MR) is 69.6 cm³/mol. The minimum Gasteiger partial charge on any atom is -0.463 e. The number of aryl methyl sites for hydroxylation is 1. The lowest BCUT2D eigenvalue weighted by atomic mass is 9.94. The maximum Gasteiger partial charge on any atom is 0.334 e. The van der Waals surface area contributed by atoms with Gasteiger partial charge in [-0.05, 0) is 25.3 Å². The quantitative estimate of drug-likeness (QED) is 0.570. The number of hydrogen-bond donors (Lipinski definition) is 0. The predicted octanol–water partition coefficient (Wildman–Crippen LogP) is 2.88. The number of nitriles is 1. The molecule has 18 heavy (non-hydrogen) atoms. The van der Waals surface area contributed by atoms with Crippen LogP contribution < -0.4 is 0 Å². The van der Waals surface area contributed by atoms with E-state index in [1.807, 2.05) is 30.3 Å². The molecule has 0 aliphatic heterocycles. The monoisotopic (exact) mass is 243 g/mol. The lowest BCUT2D eigenvalue weighted by Crippen LogP contribution is -2.14. The van der Waals surface area contributed by atoms with Crippen LogP contribution in [0.5, 0.6) is 0 Å². The fourth-order valence-electron chi connectivity index (χ4n) is 1.64. The summed E-state index contributed by atoms with van der Waals surface area (Å²) in [6, 6.07) is 12.0. The van der Waals surface area contributed by atoms with Gasteiger partial charge in [-0.1, -0.05) is 36.9 Å². The summed E-state index contributed by atoms with van der Waals surface area (Å²) in [6.45, 7) is 5.69. The molecule has 1 aromatic rings. The summed E-state index contributed by atoms with van der Waals surface area (Å²) >= 11 is 0. The van der Waals surface area contributed by atoms with Crippen LogP contribution in [0.1, 0.15) is 18.9 Å². The second-order valence-electron chi connectivity index (χ2n) is 3.95. The van der Waals surface area contributed by atoms with Crippen molar-refractivity contribution in [2.75, 3.05) is 6.61 Å². The van der Waals surface area contributed by atoms with Crippen LogP contribution in [0.4, 0.5) is 0 Å². The van der Waals surface area contributed by atoms with E-state index in [9.17, 15) is 4.79 Å². The molecule has 0 aliphatic rings. The van der Waals surface area contributed by atoms with Gasteiger partial charge >= 0.3 is 5.97 Å². The van der Waals surface area contributed by atoms with Crippen LogP contribution in [0.25, 0.3) is 0 Å². The van der Waals surface area contributed by atoms with E-state index in [-0.39, 0.29) is 5.57 Å². The lowest BCUT2D eigenvalue weighted by molar-refractivity contribution is -0.138. The highest BCUT2D eigenvalue weighted by molar-refractivity contribution is 5.88. The average molecular weight is 243 g/mol. The van der Waals surface area contributed by atoms with Crippen LogP contribution in [0.15, 0.2) is 42.5 Å². The van der Waals surface area contributed by atoms with Crippen molar-refractivity contribution in [3.05, 3.63) is 48.0 Å². The molecular formula is C15H17NO2. The van der Waals surface area contributed by atoms with Crippen molar-refractivity contribution in [2.24, 2.45) is 5.92 Å². The van der Waals surface area contributed by atoms with Gasteiger partial charge in [0.05, 0.1) is 18.6 Å². The fraction of sp³-hybridized carbons (Fsp3) is 0.333. The first-order valence-electron chi connectivity index (χ1n) is 5.98. The van der Waals surface area contributed by atoms with E-state index in [0.29, 0.717) is 13.0 Å². The topological polar surface area (TPSA) is 50.1 Å². The van der Waals surface area contributed by atoms with Crippen LogP contribution in [0.2, 0.25) is 0 Å². The number of esters is 1. The molecule has 0 N–H and O–H groups in total. The molecule has 0 radical (unpaired) electrons. The second kappa shape index (κ2) is 7.29. The number of ether oxygens (including phenoxy) is 1. The fourth-order valence-corrected chi connectivity index (χ4v) is 1.64.